The summed E-state index contributed by atoms with van der Waals surface area (Å²) in [6.07, 6.45) is 6.34. The summed E-state index contributed by atoms with van der Waals surface area (Å²) in [6, 6.07) is 0.310. The van der Waals surface area contributed by atoms with E-state index in [2.05, 4.69) is 43.8 Å². The Morgan fingerprint density at radius 1 is 1.60 bits per heavy atom. The molecule has 1 aliphatic carbocycles. The van der Waals surface area contributed by atoms with Crippen molar-refractivity contribution in [1.29, 1.82) is 0 Å². The van der Waals surface area contributed by atoms with Crippen molar-refractivity contribution in [3.63, 3.8) is 0 Å². The Morgan fingerprint density at radius 2 is 2.30 bits per heavy atom. The Labute approximate surface area is 62.2 Å². The minimum Gasteiger partial charge on any atom is -0.293 e. The Bertz CT molecular complexity index is 189. The fourth-order valence-corrected chi connectivity index (χ4v) is 1.31. The molecular formula is C9H13N. The van der Waals surface area contributed by atoms with Crippen molar-refractivity contribution in [3.05, 3.63) is 23.8 Å². The summed E-state index contributed by atoms with van der Waals surface area (Å²) in [7, 11) is 0. The van der Waals surface area contributed by atoms with E-state index < -0.39 is 0 Å². The van der Waals surface area contributed by atoms with E-state index in [9.17, 15) is 0 Å². The minimum atomic E-state index is 0.310. The predicted molar refractivity (Wildman–Crippen MR) is 45.4 cm³/mol. The lowest BCUT2D eigenvalue weighted by atomic mass is 9.91. The summed E-state index contributed by atoms with van der Waals surface area (Å²) in [5, 5.41) is 0. The molecule has 2 unspecified atom stereocenters. The number of allylic oxidation sites excluding steroid dienone is 2. The van der Waals surface area contributed by atoms with Crippen molar-refractivity contribution in [2.45, 2.75) is 19.9 Å². The van der Waals surface area contributed by atoms with Crippen LogP contribution in [0, 0.1) is 5.92 Å². The van der Waals surface area contributed by atoms with Crippen LogP contribution in [0.25, 0.3) is 0 Å². The van der Waals surface area contributed by atoms with Gasteiger partial charge in [-0.1, -0.05) is 25.2 Å². The third-order valence-electron chi connectivity index (χ3n) is 1.94. The molecular weight excluding hydrogens is 122 g/mol. The Hall–Kier alpha value is -0.850. The van der Waals surface area contributed by atoms with Gasteiger partial charge in [-0.2, -0.15) is 0 Å². The average molecular weight is 135 g/mol. The zero-order valence-electron chi connectivity index (χ0n) is 6.54. The highest BCUT2D eigenvalue weighted by molar-refractivity contribution is 5.31. The summed E-state index contributed by atoms with van der Waals surface area (Å²) in [6.45, 7) is 7.82. The Balaban J connectivity index is 2.80. The third kappa shape index (κ3) is 1.18. The third-order valence-corrected chi connectivity index (χ3v) is 1.94. The molecule has 0 amide bonds. The highest BCUT2D eigenvalue weighted by Gasteiger charge is 2.15. The second-order valence-corrected chi connectivity index (χ2v) is 2.78. The van der Waals surface area contributed by atoms with Crippen LogP contribution in [-0.2, 0) is 0 Å². The molecule has 0 fully saturated rings. The number of nitrogens with zero attached hydrogens (tertiary/aromatic N) is 1. The van der Waals surface area contributed by atoms with Gasteiger partial charge >= 0.3 is 0 Å². The average Bonchev–Trinajstić information content (AvgIpc) is 1.88. The first kappa shape index (κ1) is 7.26. The molecule has 10 heavy (non-hydrogen) atoms. The normalized spacial score (nSPS) is 31.6. The van der Waals surface area contributed by atoms with Crippen LogP contribution in [0.15, 0.2) is 28.8 Å². The van der Waals surface area contributed by atoms with Crippen molar-refractivity contribution in [1.82, 2.24) is 0 Å². The van der Waals surface area contributed by atoms with Gasteiger partial charge in [0.1, 0.15) is 0 Å². The molecule has 0 aliphatic heterocycles. The van der Waals surface area contributed by atoms with Crippen molar-refractivity contribution in [3.8, 4) is 0 Å². The van der Waals surface area contributed by atoms with Crippen LogP contribution >= 0.6 is 0 Å². The van der Waals surface area contributed by atoms with Gasteiger partial charge in [0, 0.05) is 5.92 Å². The number of hydrogen-bond donors (Lipinski definition) is 0. The van der Waals surface area contributed by atoms with Gasteiger partial charge in [-0.15, -0.1) is 0 Å². The van der Waals surface area contributed by atoms with Crippen LogP contribution in [-0.4, -0.2) is 12.8 Å². The van der Waals surface area contributed by atoms with E-state index >= 15 is 0 Å². The summed E-state index contributed by atoms with van der Waals surface area (Å²) < 4.78 is 0. The van der Waals surface area contributed by atoms with E-state index in [4.69, 9.17) is 0 Å². The standard InChI is InChI=1S/C9H13N/c1-7-5-4-6-8(2)9(7)10-3/h4-7,9H,3H2,1-2H3. The van der Waals surface area contributed by atoms with E-state index in [0.717, 1.165) is 0 Å². The lowest BCUT2D eigenvalue weighted by Gasteiger charge is -2.20. The minimum absolute atomic E-state index is 0.310. The lowest BCUT2D eigenvalue weighted by molar-refractivity contribution is 0.602. The maximum atomic E-state index is 4.04. The Kier molecular flexibility index (Phi) is 2.05. The second kappa shape index (κ2) is 2.82. The molecule has 1 nitrogen and oxygen atoms in total. The summed E-state index contributed by atoms with van der Waals surface area (Å²) in [4.78, 5) is 4.04. The monoisotopic (exact) mass is 135 g/mol. The van der Waals surface area contributed by atoms with Crippen molar-refractivity contribution in [2.75, 3.05) is 0 Å². The largest absolute Gasteiger partial charge is 0.293 e. The molecule has 0 saturated heterocycles. The molecule has 0 N–H and O–H groups in total. The first-order valence-electron chi connectivity index (χ1n) is 3.56. The van der Waals surface area contributed by atoms with Crippen LogP contribution in [0.2, 0.25) is 0 Å². The van der Waals surface area contributed by atoms with Gasteiger partial charge < -0.3 is 0 Å². The molecule has 2 atom stereocenters. The van der Waals surface area contributed by atoms with Crippen molar-refractivity contribution < 1.29 is 0 Å². The van der Waals surface area contributed by atoms with Gasteiger partial charge in [0.15, 0.2) is 0 Å². The van der Waals surface area contributed by atoms with Gasteiger partial charge in [0.05, 0.1) is 6.04 Å². The first-order valence-corrected chi connectivity index (χ1v) is 3.56. The van der Waals surface area contributed by atoms with E-state index in [1.807, 2.05) is 0 Å². The molecule has 0 aromatic heterocycles. The topological polar surface area (TPSA) is 12.4 Å². The van der Waals surface area contributed by atoms with Gasteiger partial charge in [-0.05, 0) is 19.2 Å². The van der Waals surface area contributed by atoms with Crippen LogP contribution in [0.1, 0.15) is 13.8 Å². The first-order chi connectivity index (χ1) is 4.75. The van der Waals surface area contributed by atoms with Gasteiger partial charge in [-0.25, -0.2) is 0 Å². The molecule has 0 radical (unpaired) electrons. The molecule has 1 rings (SSSR count). The van der Waals surface area contributed by atoms with E-state index in [-0.39, 0.29) is 0 Å². The molecule has 1 heteroatoms. The van der Waals surface area contributed by atoms with Crippen LogP contribution < -0.4 is 0 Å². The van der Waals surface area contributed by atoms with Crippen LogP contribution in [0.5, 0.6) is 0 Å². The van der Waals surface area contributed by atoms with Crippen LogP contribution in [0.4, 0.5) is 0 Å². The molecule has 0 bridgehead atoms. The van der Waals surface area contributed by atoms with Gasteiger partial charge in [-0.3, -0.25) is 4.99 Å². The molecule has 0 saturated carbocycles. The van der Waals surface area contributed by atoms with E-state index in [1.54, 1.807) is 0 Å². The zero-order valence-corrected chi connectivity index (χ0v) is 6.54. The summed E-state index contributed by atoms with van der Waals surface area (Å²) >= 11 is 0. The maximum Gasteiger partial charge on any atom is 0.0762 e. The summed E-state index contributed by atoms with van der Waals surface area (Å²) in [5.41, 5.74) is 1.31. The highest BCUT2D eigenvalue weighted by Crippen LogP contribution is 2.20. The second-order valence-electron chi connectivity index (χ2n) is 2.78. The summed E-state index contributed by atoms with van der Waals surface area (Å²) in [5.74, 6) is 0.516. The molecule has 0 spiro atoms. The van der Waals surface area contributed by atoms with Gasteiger partial charge in [0.25, 0.3) is 0 Å². The van der Waals surface area contributed by atoms with Crippen LogP contribution in [0.3, 0.4) is 0 Å². The predicted octanol–water partition coefficient (Wildman–Crippen LogP) is 2.21. The number of hydrogen-bond acceptors (Lipinski definition) is 1. The molecule has 0 aromatic rings. The van der Waals surface area contributed by atoms with E-state index in [0.29, 0.717) is 12.0 Å². The fourth-order valence-electron chi connectivity index (χ4n) is 1.31. The fraction of sp³-hybridized carbons (Fsp3) is 0.444. The smallest absolute Gasteiger partial charge is 0.0762 e. The zero-order chi connectivity index (χ0) is 7.56. The molecule has 0 aromatic carbocycles. The van der Waals surface area contributed by atoms with Crippen molar-refractivity contribution in [2.24, 2.45) is 10.9 Å². The SMILES string of the molecule is C=NC1C(C)=CC=CC1C. The number of aliphatic imine (C=N–C) groups is 1. The van der Waals surface area contributed by atoms with Crippen molar-refractivity contribution >= 4 is 6.72 Å². The lowest BCUT2D eigenvalue weighted by Crippen LogP contribution is -2.16. The Morgan fingerprint density at radius 3 is 2.70 bits per heavy atom. The molecule has 54 valence electrons. The quantitative estimate of drug-likeness (QED) is 0.489. The highest BCUT2D eigenvalue weighted by atomic mass is 14.8. The van der Waals surface area contributed by atoms with Gasteiger partial charge in [0.2, 0.25) is 0 Å². The molecule has 1 aliphatic rings. The molecule has 0 heterocycles. The van der Waals surface area contributed by atoms with E-state index in [1.165, 1.54) is 5.57 Å². The maximum absolute atomic E-state index is 4.04. The number of rotatable bonds is 1.